The largest absolute Gasteiger partial charge is 0.326 e. The van der Waals surface area contributed by atoms with Crippen LogP contribution in [0.5, 0.6) is 0 Å². The number of rotatable bonds is 3. The van der Waals surface area contributed by atoms with E-state index in [4.69, 9.17) is 5.73 Å². The number of amides is 4. The van der Waals surface area contributed by atoms with Crippen molar-refractivity contribution in [1.82, 2.24) is 15.1 Å². The number of carbonyl (C=O) groups excluding carboxylic acids is 4. The first-order valence-electron chi connectivity index (χ1n) is 9.17. The quantitative estimate of drug-likeness (QED) is 0.717. The fraction of sp³-hybridized carbons (Fsp3) is 0.474. The van der Waals surface area contributed by atoms with Crippen molar-refractivity contribution in [2.24, 2.45) is 11.7 Å². The van der Waals surface area contributed by atoms with E-state index in [0.29, 0.717) is 23.6 Å². The van der Waals surface area contributed by atoms with Gasteiger partial charge in [-0.2, -0.15) is 0 Å². The van der Waals surface area contributed by atoms with E-state index in [9.17, 15) is 19.2 Å². The molecule has 8 heteroatoms. The first-order chi connectivity index (χ1) is 12.8. The summed E-state index contributed by atoms with van der Waals surface area (Å²) in [6.45, 7) is 4.47. The standard InChI is InChI=1S/C19H22N4O4/c1-10-7-22(9-14(10)20)8-11-2-3-12-13(6-11)19(27)23(18(12)26)15-4-5-16(24)21-17(15)25/h2-3,6,10,14-15H,4-5,7-9,20H2,1H3,(H,21,24,25)/t10-,14-,15?/m1/s1. The second-order valence-electron chi connectivity index (χ2n) is 7.66. The Balaban J connectivity index is 1.55. The molecule has 3 aliphatic rings. The molecule has 3 atom stereocenters. The molecule has 0 aromatic heterocycles. The van der Waals surface area contributed by atoms with Crippen molar-refractivity contribution in [3.8, 4) is 0 Å². The molecule has 1 unspecified atom stereocenters. The van der Waals surface area contributed by atoms with Crippen molar-refractivity contribution in [2.75, 3.05) is 13.1 Å². The summed E-state index contributed by atoms with van der Waals surface area (Å²) in [6.07, 6.45) is 0.273. The predicted molar refractivity (Wildman–Crippen MR) is 95.5 cm³/mol. The molecule has 0 spiro atoms. The lowest BCUT2D eigenvalue weighted by Gasteiger charge is -2.27. The van der Waals surface area contributed by atoms with Crippen LogP contribution in [-0.2, 0) is 16.1 Å². The number of nitrogens with two attached hydrogens (primary N) is 1. The maximum atomic E-state index is 12.8. The average molecular weight is 370 g/mol. The Morgan fingerprint density at radius 1 is 1.11 bits per heavy atom. The van der Waals surface area contributed by atoms with Crippen molar-refractivity contribution in [1.29, 1.82) is 0 Å². The van der Waals surface area contributed by atoms with Crippen LogP contribution >= 0.6 is 0 Å². The highest BCUT2D eigenvalue weighted by Gasteiger charge is 2.44. The molecule has 4 amide bonds. The topological polar surface area (TPSA) is 113 Å². The van der Waals surface area contributed by atoms with Gasteiger partial charge in [0.2, 0.25) is 11.8 Å². The monoisotopic (exact) mass is 370 g/mol. The van der Waals surface area contributed by atoms with Crippen LogP contribution < -0.4 is 11.1 Å². The van der Waals surface area contributed by atoms with Crippen LogP contribution in [0.3, 0.4) is 0 Å². The van der Waals surface area contributed by atoms with E-state index in [0.717, 1.165) is 23.6 Å². The summed E-state index contributed by atoms with van der Waals surface area (Å²) in [6, 6.07) is 4.43. The SMILES string of the molecule is C[C@@H]1CN(Cc2ccc3c(c2)C(=O)N(C2CCC(=O)NC2=O)C3=O)C[C@H]1N. The van der Waals surface area contributed by atoms with Gasteiger partial charge in [-0.15, -0.1) is 0 Å². The van der Waals surface area contributed by atoms with Gasteiger partial charge in [-0.25, -0.2) is 0 Å². The van der Waals surface area contributed by atoms with Gasteiger partial charge in [-0.3, -0.25) is 34.3 Å². The van der Waals surface area contributed by atoms with Crippen LogP contribution in [0.1, 0.15) is 46.0 Å². The maximum absolute atomic E-state index is 12.8. The molecule has 3 heterocycles. The number of carbonyl (C=O) groups is 4. The number of nitrogens with one attached hydrogen (secondary N) is 1. The molecule has 1 aromatic carbocycles. The molecule has 0 radical (unpaired) electrons. The van der Waals surface area contributed by atoms with Crippen molar-refractivity contribution >= 4 is 23.6 Å². The summed E-state index contributed by atoms with van der Waals surface area (Å²) in [7, 11) is 0. The Morgan fingerprint density at radius 2 is 1.85 bits per heavy atom. The summed E-state index contributed by atoms with van der Waals surface area (Å²) in [5.74, 6) is -1.51. The Hall–Kier alpha value is -2.58. The molecule has 8 nitrogen and oxygen atoms in total. The number of likely N-dealkylation sites (tertiary alicyclic amines) is 1. The minimum Gasteiger partial charge on any atom is -0.326 e. The van der Waals surface area contributed by atoms with E-state index in [1.807, 2.05) is 6.07 Å². The normalized spacial score (nSPS) is 28.7. The molecule has 3 aliphatic heterocycles. The Labute approximate surface area is 156 Å². The van der Waals surface area contributed by atoms with Gasteiger partial charge in [-0.1, -0.05) is 13.0 Å². The lowest BCUT2D eigenvalue weighted by atomic mass is 10.0. The first-order valence-corrected chi connectivity index (χ1v) is 9.17. The summed E-state index contributed by atoms with van der Waals surface area (Å²) >= 11 is 0. The van der Waals surface area contributed by atoms with Gasteiger partial charge in [0.15, 0.2) is 0 Å². The smallest absolute Gasteiger partial charge is 0.262 e. The molecule has 0 bridgehead atoms. The number of piperidine rings is 1. The van der Waals surface area contributed by atoms with Crippen LogP contribution in [0.15, 0.2) is 18.2 Å². The minimum absolute atomic E-state index is 0.114. The highest BCUT2D eigenvalue weighted by Crippen LogP contribution is 2.29. The maximum Gasteiger partial charge on any atom is 0.262 e. The molecule has 1 aromatic rings. The van der Waals surface area contributed by atoms with E-state index in [1.165, 1.54) is 0 Å². The Bertz CT molecular complexity index is 842. The Morgan fingerprint density at radius 3 is 2.52 bits per heavy atom. The average Bonchev–Trinajstić information content (AvgIpc) is 3.05. The number of hydrogen-bond acceptors (Lipinski definition) is 6. The summed E-state index contributed by atoms with van der Waals surface area (Å²) in [5.41, 5.74) is 7.62. The zero-order valence-electron chi connectivity index (χ0n) is 15.1. The van der Waals surface area contributed by atoms with Gasteiger partial charge >= 0.3 is 0 Å². The van der Waals surface area contributed by atoms with Gasteiger partial charge in [0, 0.05) is 32.1 Å². The van der Waals surface area contributed by atoms with Crippen LogP contribution in [0, 0.1) is 5.92 Å². The predicted octanol–water partition coefficient (Wildman–Crippen LogP) is -0.133. The zero-order valence-corrected chi connectivity index (χ0v) is 15.1. The lowest BCUT2D eigenvalue weighted by molar-refractivity contribution is -0.136. The molecule has 2 saturated heterocycles. The van der Waals surface area contributed by atoms with E-state index in [2.05, 4.69) is 17.1 Å². The summed E-state index contributed by atoms with van der Waals surface area (Å²) < 4.78 is 0. The zero-order chi connectivity index (χ0) is 19.3. The van der Waals surface area contributed by atoms with Gasteiger partial charge in [0.1, 0.15) is 6.04 Å². The van der Waals surface area contributed by atoms with Crippen molar-refractivity contribution in [3.63, 3.8) is 0 Å². The molecule has 2 fully saturated rings. The van der Waals surface area contributed by atoms with E-state index in [-0.39, 0.29) is 24.8 Å². The molecule has 27 heavy (non-hydrogen) atoms. The van der Waals surface area contributed by atoms with Gasteiger partial charge in [0.25, 0.3) is 11.8 Å². The Kier molecular flexibility index (Phi) is 4.32. The fourth-order valence-electron chi connectivity index (χ4n) is 4.10. The van der Waals surface area contributed by atoms with Crippen molar-refractivity contribution in [3.05, 3.63) is 34.9 Å². The van der Waals surface area contributed by atoms with Crippen LogP contribution in [0.2, 0.25) is 0 Å². The van der Waals surface area contributed by atoms with E-state index >= 15 is 0 Å². The minimum atomic E-state index is -0.934. The van der Waals surface area contributed by atoms with Crippen LogP contribution in [0.25, 0.3) is 0 Å². The van der Waals surface area contributed by atoms with Gasteiger partial charge in [0.05, 0.1) is 11.1 Å². The highest BCUT2D eigenvalue weighted by atomic mass is 16.2. The summed E-state index contributed by atoms with van der Waals surface area (Å²) in [4.78, 5) is 52.2. The number of benzene rings is 1. The molecular formula is C19H22N4O4. The van der Waals surface area contributed by atoms with Gasteiger partial charge in [-0.05, 0) is 30.0 Å². The molecule has 0 aliphatic carbocycles. The molecule has 3 N–H and O–H groups in total. The van der Waals surface area contributed by atoms with Crippen molar-refractivity contribution in [2.45, 2.75) is 38.4 Å². The number of hydrogen-bond donors (Lipinski definition) is 2. The number of nitrogens with zero attached hydrogens (tertiary/aromatic N) is 2. The van der Waals surface area contributed by atoms with Crippen LogP contribution in [0.4, 0.5) is 0 Å². The molecular weight excluding hydrogens is 348 g/mol. The van der Waals surface area contributed by atoms with Crippen molar-refractivity contribution < 1.29 is 19.2 Å². The highest BCUT2D eigenvalue weighted by molar-refractivity contribution is 6.23. The number of imide groups is 2. The van der Waals surface area contributed by atoms with E-state index < -0.39 is 23.8 Å². The third-order valence-electron chi connectivity index (χ3n) is 5.66. The van der Waals surface area contributed by atoms with E-state index in [1.54, 1.807) is 12.1 Å². The molecule has 142 valence electrons. The lowest BCUT2D eigenvalue weighted by Crippen LogP contribution is -2.54. The second-order valence-corrected chi connectivity index (χ2v) is 7.66. The number of fused-ring (bicyclic) bond motifs is 1. The second kappa shape index (κ2) is 6.54. The third-order valence-corrected chi connectivity index (χ3v) is 5.66. The van der Waals surface area contributed by atoms with Gasteiger partial charge < -0.3 is 5.73 Å². The summed E-state index contributed by atoms with van der Waals surface area (Å²) in [5, 5.41) is 2.20. The van der Waals surface area contributed by atoms with Crippen LogP contribution in [-0.4, -0.2) is 58.6 Å². The molecule has 4 rings (SSSR count). The first kappa shape index (κ1) is 17.8. The fourth-order valence-corrected chi connectivity index (χ4v) is 4.10. The molecule has 0 saturated carbocycles. The third kappa shape index (κ3) is 3.04.